The quantitative estimate of drug-likeness (QED) is 0.132. The number of aryl methyl sites for hydroxylation is 1. The van der Waals surface area contributed by atoms with Gasteiger partial charge in [-0.05, 0) is 86.5 Å². The van der Waals surface area contributed by atoms with Crippen molar-refractivity contribution < 1.29 is 19.1 Å². The number of anilines is 2. The summed E-state index contributed by atoms with van der Waals surface area (Å²) in [6.45, 7) is 6.23. The van der Waals surface area contributed by atoms with Gasteiger partial charge in [0.1, 0.15) is 11.4 Å². The van der Waals surface area contributed by atoms with Crippen molar-refractivity contribution in [2.75, 3.05) is 17.2 Å². The van der Waals surface area contributed by atoms with E-state index in [9.17, 15) is 14.4 Å². The maximum atomic E-state index is 13.4. The van der Waals surface area contributed by atoms with Crippen molar-refractivity contribution in [2.45, 2.75) is 30.9 Å². The molecule has 4 aromatic rings. The molecule has 0 radical (unpaired) electrons. The molecule has 0 aliphatic rings. The molecule has 4 rings (SSSR count). The molecule has 0 saturated heterocycles. The summed E-state index contributed by atoms with van der Waals surface area (Å²) in [5, 5.41) is 8.23. The lowest BCUT2D eigenvalue weighted by Gasteiger charge is -2.15. The molecular weight excluding hydrogens is 546 g/mol. The van der Waals surface area contributed by atoms with Crippen molar-refractivity contribution in [3.05, 3.63) is 126 Å². The Morgan fingerprint density at radius 2 is 1.57 bits per heavy atom. The van der Waals surface area contributed by atoms with E-state index in [1.807, 2.05) is 75.4 Å². The summed E-state index contributed by atoms with van der Waals surface area (Å²) in [4.78, 5) is 40.0. The van der Waals surface area contributed by atoms with Crippen molar-refractivity contribution >= 4 is 46.9 Å². The van der Waals surface area contributed by atoms with Crippen molar-refractivity contribution in [3.63, 3.8) is 0 Å². The number of rotatable bonds is 11. The Bertz CT molecular complexity index is 1570. The first-order valence-electron chi connectivity index (χ1n) is 13.6. The van der Waals surface area contributed by atoms with E-state index in [1.165, 1.54) is 11.8 Å². The SMILES string of the molecule is CCOc1ccc(/C=C(/NC(=O)c2ccccc2)C(=O)Nc2cccc(SC(C)C(=O)Nc3ccccc3C)c2)cc1. The van der Waals surface area contributed by atoms with Crippen molar-refractivity contribution in [1.29, 1.82) is 0 Å². The Balaban J connectivity index is 1.49. The van der Waals surface area contributed by atoms with E-state index < -0.39 is 11.8 Å². The predicted molar refractivity (Wildman–Crippen MR) is 170 cm³/mol. The average Bonchev–Trinajstić information content (AvgIpc) is 2.99. The van der Waals surface area contributed by atoms with Gasteiger partial charge >= 0.3 is 0 Å². The van der Waals surface area contributed by atoms with E-state index in [0.29, 0.717) is 23.6 Å². The first-order valence-corrected chi connectivity index (χ1v) is 14.5. The van der Waals surface area contributed by atoms with Gasteiger partial charge in [0, 0.05) is 21.8 Å². The second-order valence-electron chi connectivity index (χ2n) is 9.43. The highest BCUT2D eigenvalue weighted by Gasteiger charge is 2.18. The van der Waals surface area contributed by atoms with Gasteiger partial charge in [0.05, 0.1) is 11.9 Å². The highest BCUT2D eigenvalue weighted by atomic mass is 32.2. The Kier molecular flexibility index (Phi) is 10.6. The maximum absolute atomic E-state index is 13.4. The molecule has 0 saturated carbocycles. The van der Waals surface area contributed by atoms with Gasteiger partial charge in [-0.15, -0.1) is 11.8 Å². The molecule has 3 N–H and O–H groups in total. The minimum absolute atomic E-state index is 0.0806. The van der Waals surface area contributed by atoms with Crippen LogP contribution in [0.15, 0.2) is 114 Å². The number of para-hydroxylation sites is 1. The van der Waals surface area contributed by atoms with Gasteiger partial charge in [0.2, 0.25) is 5.91 Å². The summed E-state index contributed by atoms with van der Waals surface area (Å²) in [7, 11) is 0. The summed E-state index contributed by atoms with van der Waals surface area (Å²) in [5.74, 6) is -0.292. The van der Waals surface area contributed by atoms with Crippen LogP contribution in [0.4, 0.5) is 11.4 Å². The highest BCUT2D eigenvalue weighted by molar-refractivity contribution is 8.00. The van der Waals surface area contributed by atoms with E-state index in [2.05, 4.69) is 16.0 Å². The highest BCUT2D eigenvalue weighted by Crippen LogP contribution is 2.27. The first kappa shape index (κ1) is 30.1. The van der Waals surface area contributed by atoms with Crippen LogP contribution >= 0.6 is 11.8 Å². The summed E-state index contributed by atoms with van der Waals surface area (Å²) in [6, 6.07) is 30.8. The molecule has 0 bridgehead atoms. The van der Waals surface area contributed by atoms with Gasteiger partial charge in [-0.25, -0.2) is 0 Å². The molecule has 8 heteroatoms. The Hall–Kier alpha value is -4.82. The third-order valence-corrected chi connectivity index (χ3v) is 7.30. The molecule has 1 unspecified atom stereocenters. The van der Waals surface area contributed by atoms with Crippen LogP contribution < -0.4 is 20.7 Å². The molecule has 42 heavy (non-hydrogen) atoms. The number of carbonyl (C=O) groups is 3. The molecule has 0 spiro atoms. The molecule has 0 aromatic heterocycles. The predicted octanol–water partition coefficient (Wildman–Crippen LogP) is 6.92. The molecule has 4 aromatic carbocycles. The van der Waals surface area contributed by atoms with Gasteiger partial charge in [0.15, 0.2) is 0 Å². The van der Waals surface area contributed by atoms with Crippen LogP contribution in [0.5, 0.6) is 5.75 Å². The normalized spacial score (nSPS) is 11.7. The average molecular weight is 580 g/mol. The lowest BCUT2D eigenvalue weighted by Crippen LogP contribution is -2.30. The zero-order chi connectivity index (χ0) is 29.9. The second-order valence-corrected chi connectivity index (χ2v) is 10.8. The van der Waals surface area contributed by atoms with Crippen LogP contribution in [-0.2, 0) is 9.59 Å². The topological polar surface area (TPSA) is 96.5 Å². The third-order valence-electron chi connectivity index (χ3n) is 6.21. The Labute approximate surface area is 250 Å². The van der Waals surface area contributed by atoms with E-state index in [1.54, 1.807) is 54.6 Å². The number of carbonyl (C=O) groups excluding carboxylic acids is 3. The molecule has 0 heterocycles. The van der Waals surface area contributed by atoms with E-state index >= 15 is 0 Å². The molecule has 7 nitrogen and oxygen atoms in total. The van der Waals surface area contributed by atoms with Gasteiger partial charge in [-0.2, -0.15) is 0 Å². The van der Waals surface area contributed by atoms with E-state index in [-0.39, 0.29) is 16.9 Å². The number of ether oxygens (including phenoxy) is 1. The fraction of sp³-hybridized carbons (Fsp3) is 0.147. The fourth-order valence-corrected chi connectivity index (χ4v) is 4.91. The standard InChI is InChI=1S/C34H33N3O4S/c1-4-41-28-19-17-25(18-20-28)21-31(37-33(39)26-12-6-5-7-13-26)34(40)35-27-14-10-15-29(22-27)42-24(3)32(38)36-30-16-9-8-11-23(30)2/h5-22,24H,4H2,1-3H3,(H,35,40)(H,36,38)(H,37,39)/b31-21+. The number of amides is 3. The van der Waals surface area contributed by atoms with E-state index in [4.69, 9.17) is 4.74 Å². The lowest BCUT2D eigenvalue weighted by molar-refractivity contribution is -0.115. The zero-order valence-corrected chi connectivity index (χ0v) is 24.5. The number of hydrogen-bond donors (Lipinski definition) is 3. The zero-order valence-electron chi connectivity index (χ0n) is 23.7. The van der Waals surface area contributed by atoms with Crippen LogP contribution in [-0.4, -0.2) is 29.6 Å². The van der Waals surface area contributed by atoms with Crippen LogP contribution in [0.2, 0.25) is 0 Å². The van der Waals surface area contributed by atoms with Crippen LogP contribution in [0, 0.1) is 6.92 Å². The minimum Gasteiger partial charge on any atom is -0.494 e. The van der Waals surface area contributed by atoms with Crippen molar-refractivity contribution in [1.82, 2.24) is 5.32 Å². The van der Waals surface area contributed by atoms with Gasteiger partial charge < -0.3 is 20.7 Å². The summed E-state index contributed by atoms with van der Waals surface area (Å²) in [5.41, 5.74) is 3.52. The third kappa shape index (κ3) is 8.59. The molecule has 214 valence electrons. The van der Waals surface area contributed by atoms with Crippen molar-refractivity contribution in [2.24, 2.45) is 0 Å². The Morgan fingerprint density at radius 1 is 0.857 bits per heavy atom. The molecule has 0 aliphatic carbocycles. The summed E-state index contributed by atoms with van der Waals surface area (Å²) < 4.78 is 5.51. The number of nitrogens with one attached hydrogen (secondary N) is 3. The van der Waals surface area contributed by atoms with E-state index in [0.717, 1.165) is 21.7 Å². The van der Waals surface area contributed by atoms with Gasteiger partial charge in [-0.1, -0.05) is 54.6 Å². The number of benzene rings is 4. The molecule has 0 aliphatic heterocycles. The maximum Gasteiger partial charge on any atom is 0.272 e. The van der Waals surface area contributed by atoms with Crippen LogP contribution in [0.3, 0.4) is 0 Å². The van der Waals surface area contributed by atoms with Crippen LogP contribution in [0.1, 0.15) is 35.3 Å². The largest absolute Gasteiger partial charge is 0.494 e. The fourth-order valence-electron chi connectivity index (χ4n) is 3.99. The smallest absolute Gasteiger partial charge is 0.272 e. The van der Waals surface area contributed by atoms with Crippen molar-refractivity contribution in [3.8, 4) is 5.75 Å². The summed E-state index contributed by atoms with van der Waals surface area (Å²) in [6.07, 6.45) is 1.61. The summed E-state index contributed by atoms with van der Waals surface area (Å²) >= 11 is 1.38. The number of hydrogen-bond acceptors (Lipinski definition) is 5. The minimum atomic E-state index is -0.485. The van der Waals surface area contributed by atoms with Crippen LogP contribution in [0.25, 0.3) is 6.08 Å². The number of thioether (sulfide) groups is 1. The monoisotopic (exact) mass is 579 g/mol. The second kappa shape index (κ2) is 14.7. The Morgan fingerprint density at radius 3 is 2.29 bits per heavy atom. The molecule has 1 atom stereocenters. The molecule has 3 amide bonds. The molecular formula is C34H33N3O4S. The lowest BCUT2D eigenvalue weighted by atomic mass is 10.1. The van der Waals surface area contributed by atoms with Gasteiger partial charge in [0.25, 0.3) is 11.8 Å². The molecule has 0 fully saturated rings. The first-order chi connectivity index (χ1) is 20.3. The van der Waals surface area contributed by atoms with Gasteiger partial charge in [-0.3, -0.25) is 14.4 Å².